The Morgan fingerprint density at radius 3 is 2.64 bits per heavy atom. The predicted octanol–water partition coefficient (Wildman–Crippen LogP) is 3.80. The van der Waals surface area contributed by atoms with Crippen LogP contribution in [0.1, 0.15) is 51.5 Å². The highest BCUT2D eigenvalue weighted by atomic mass is 35.5. The fourth-order valence-corrected chi connectivity index (χ4v) is 3.50. The molecule has 1 heterocycles. The highest BCUT2D eigenvalue weighted by Crippen LogP contribution is 2.33. The van der Waals surface area contributed by atoms with Gasteiger partial charge in [0, 0.05) is 43.3 Å². The topological polar surface area (TPSA) is 44.7 Å². The van der Waals surface area contributed by atoms with Crippen LogP contribution in [-0.4, -0.2) is 49.3 Å². The Morgan fingerprint density at radius 1 is 1.20 bits per heavy atom. The molecule has 0 aliphatic carbocycles. The largest absolute Gasteiger partial charge is 0.493 e. The second-order valence-electron chi connectivity index (χ2n) is 7.20. The molecule has 1 saturated heterocycles. The van der Waals surface area contributed by atoms with Gasteiger partial charge in [-0.05, 0) is 31.5 Å². The molecule has 0 amide bonds. The molecule has 25 heavy (non-hydrogen) atoms. The highest BCUT2D eigenvalue weighted by molar-refractivity contribution is 6.30. The van der Waals surface area contributed by atoms with Crippen LogP contribution in [0.3, 0.4) is 0 Å². The number of halogens is 1. The number of unbranched alkanes of at least 4 members (excludes halogenated alkanes) is 4. The lowest BCUT2D eigenvalue weighted by atomic mass is 9.94. The van der Waals surface area contributed by atoms with Crippen molar-refractivity contribution in [3.05, 3.63) is 28.8 Å². The molecule has 142 valence electrons. The molecule has 0 aromatic heterocycles. The first-order chi connectivity index (χ1) is 12.0. The van der Waals surface area contributed by atoms with E-state index in [9.17, 15) is 5.11 Å². The van der Waals surface area contributed by atoms with Crippen LogP contribution in [-0.2, 0) is 5.60 Å². The average molecular weight is 369 g/mol. The maximum absolute atomic E-state index is 11.1. The van der Waals surface area contributed by atoms with Crippen molar-refractivity contribution in [1.82, 2.24) is 10.2 Å². The minimum absolute atomic E-state index is 0.585. The van der Waals surface area contributed by atoms with E-state index in [-0.39, 0.29) is 0 Å². The smallest absolute Gasteiger partial charge is 0.125 e. The Bertz CT molecular complexity index is 516. The number of ether oxygens (including phenoxy) is 1. The lowest BCUT2D eigenvalue weighted by Crippen LogP contribution is -2.48. The van der Waals surface area contributed by atoms with Crippen molar-refractivity contribution in [3.63, 3.8) is 0 Å². The van der Waals surface area contributed by atoms with E-state index in [0.29, 0.717) is 18.2 Å². The Kier molecular flexibility index (Phi) is 8.50. The molecule has 4 nitrogen and oxygen atoms in total. The molecule has 1 atom stereocenters. The van der Waals surface area contributed by atoms with Crippen LogP contribution in [0.2, 0.25) is 5.02 Å². The minimum Gasteiger partial charge on any atom is -0.493 e. The van der Waals surface area contributed by atoms with E-state index < -0.39 is 5.60 Å². The number of aliphatic hydroxyl groups is 1. The summed E-state index contributed by atoms with van der Waals surface area (Å²) in [6.07, 6.45) is 6.02. The third kappa shape index (κ3) is 6.78. The fraction of sp³-hybridized carbons (Fsp3) is 0.700. The summed E-state index contributed by atoms with van der Waals surface area (Å²) in [4.78, 5) is 2.28. The van der Waals surface area contributed by atoms with E-state index in [2.05, 4.69) is 17.1 Å². The lowest BCUT2D eigenvalue weighted by molar-refractivity contribution is 0.0103. The fourth-order valence-electron chi connectivity index (χ4n) is 3.33. The molecule has 1 unspecified atom stereocenters. The monoisotopic (exact) mass is 368 g/mol. The maximum atomic E-state index is 11.1. The Balaban J connectivity index is 1.98. The van der Waals surface area contributed by atoms with Gasteiger partial charge in [0.25, 0.3) is 0 Å². The van der Waals surface area contributed by atoms with E-state index >= 15 is 0 Å². The van der Waals surface area contributed by atoms with Gasteiger partial charge in [-0.2, -0.15) is 0 Å². The van der Waals surface area contributed by atoms with Crippen molar-refractivity contribution in [2.45, 2.75) is 51.6 Å². The number of piperazine rings is 1. The molecular formula is C20H33ClN2O2. The second kappa shape index (κ2) is 10.4. The molecule has 0 bridgehead atoms. The molecule has 0 radical (unpaired) electrons. The number of β-amino-alcohol motifs (C(OH)–C–C–N with tert-alkyl or cyclic N) is 1. The zero-order chi connectivity index (χ0) is 18.1. The summed E-state index contributed by atoms with van der Waals surface area (Å²) >= 11 is 6.19. The van der Waals surface area contributed by atoms with E-state index in [1.165, 1.54) is 25.7 Å². The van der Waals surface area contributed by atoms with Gasteiger partial charge in [0.15, 0.2) is 0 Å². The van der Waals surface area contributed by atoms with Gasteiger partial charge in [-0.3, -0.25) is 4.90 Å². The molecule has 0 spiro atoms. The van der Waals surface area contributed by atoms with Crippen molar-refractivity contribution >= 4 is 11.6 Å². The van der Waals surface area contributed by atoms with Crippen molar-refractivity contribution < 1.29 is 9.84 Å². The van der Waals surface area contributed by atoms with Crippen LogP contribution >= 0.6 is 11.6 Å². The Hall–Kier alpha value is -0.810. The summed E-state index contributed by atoms with van der Waals surface area (Å²) in [5.74, 6) is 0.750. The van der Waals surface area contributed by atoms with Gasteiger partial charge in [-0.15, -0.1) is 0 Å². The molecule has 1 aliphatic heterocycles. The molecule has 2 rings (SSSR count). The molecule has 2 N–H and O–H groups in total. The van der Waals surface area contributed by atoms with E-state index in [1.54, 1.807) is 0 Å². The summed E-state index contributed by atoms with van der Waals surface area (Å²) in [5.41, 5.74) is -0.202. The molecule has 1 aromatic carbocycles. The zero-order valence-corrected chi connectivity index (χ0v) is 16.4. The van der Waals surface area contributed by atoms with Crippen molar-refractivity contribution in [3.8, 4) is 5.75 Å². The zero-order valence-electron chi connectivity index (χ0n) is 15.7. The van der Waals surface area contributed by atoms with Gasteiger partial charge in [0.1, 0.15) is 11.4 Å². The highest BCUT2D eigenvalue weighted by Gasteiger charge is 2.30. The molecular weight excluding hydrogens is 336 g/mol. The van der Waals surface area contributed by atoms with Gasteiger partial charge in [-0.25, -0.2) is 0 Å². The lowest BCUT2D eigenvalue weighted by Gasteiger charge is -2.35. The van der Waals surface area contributed by atoms with Crippen molar-refractivity contribution in [2.75, 3.05) is 39.3 Å². The minimum atomic E-state index is -0.986. The van der Waals surface area contributed by atoms with E-state index in [0.717, 1.165) is 43.9 Å². The SMILES string of the molecule is CCCCCCCOc1ccc(Cl)cc1C(C)(O)CN1CCNCC1. The molecule has 1 aliphatic rings. The predicted molar refractivity (Wildman–Crippen MR) is 105 cm³/mol. The summed E-state index contributed by atoms with van der Waals surface area (Å²) in [5, 5.41) is 15.1. The van der Waals surface area contributed by atoms with Gasteiger partial charge >= 0.3 is 0 Å². The van der Waals surface area contributed by atoms with Crippen molar-refractivity contribution in [1.29, 1.82) is 0 Å². The van der Waals surface area contributed by atoms with Crippen LogP contribution < -0.4 is 10.1 Å². The van der Waals surface area contributed by atoms with E-state index in [1.807, 2.05) is 25.1 Å². The quantitative estimate of drug-likeness (QED) is 0.616. The summed E-state index contributed by atoms with van der Waals surface area (Å²) in [6.45, 7) is 9.17. The summed E-state index contributed by atoms with van der Waals surface area (Å²) < 4.78 is 6.00. The Labute approximate surface area is 157 Å². The number of nitrogens with one attached hydrogen (secondary N) is 1. The number of hydrogen-bond donors (Lipinski definition) is 2. The average Bonchev–Trinajstić information content (AvgIpc) is 2.59. The molecule has 0 saturated carbocycles. The number of nitrogens with zero attached hydrogens (tertiary/aromatic N) is 1. The first-order valence-electron chi connectivity index (χ1n) is 9.61. The van der Waals surface area contributed by atoms with Crippen LogP contribution in [0.25, 0.3) is 0 Å². The molecule has 5 heteroatoms. The number of hydrogen-bond acceptors (Lipinski definition) is 4. The van der Waals surface area contributed by atoms with Crippen LogP contribution in [0.4, 0.5) is 0 Å². The van der Waals surface area contributed by atoms with Gasteiger partial charge in [-0.1, -0.05) is 44.2 Å². The van der Waals surface area contributed by atoms with Crippen molar-refractivity contribution in [2.24, 2.45) is 0 Å². The maximum Gasteiger partial charge on any atom is 0.125 e. The first-order valence-corrected chi connectivity index (χ1v) is 9.99. The third-order valence-corrected chi connectivity index (χ3v) is 5.00. The normalized spacial score (nSPS) is 18.1. The van der Waals surface area contributed by atoms with Gasteiger partial charge in [0.05, 0.1) is 6.61 Å². The summed E-state index contributed by atoms with van der Waals surface area (Å²) in [6, 6.07) is 5.56. The number of rotatable bonds is 10. The van der Waals surface area contributed by atoms with Crippen LogP contribution in [0, 0.1) is 0 Å². The first kappa shape index (κ1) is 20.5. The van der Waals surface area contributed by atoms with Crippen LogP contribution in [0.15, 0.2) is 18.2 Å². The third-order valence-electron chi connectivity index (χ3n) is 4.77. The standard InChI is InChI=1S/C20H33ClN2O2/c1-3-4-5-6-7-14-25-19-9-8-17(21)15-18(19)20(2,24)16-23-12-10-22-11-13-23/h8-9,15,22,24H,3-7,10-14,16H2,1-2H3. The molecule has 1 fully saturated rings. The van der Waals surface area contributed by atoms with Crippen LogP contribution in [0.5, 0.6) is 5.75 Å². The Morgan fingerprint density at radius 2 is 1.92 bits per heavy atom. The van der Waals surface area contributed by atoms with Gasteiger partial charge in [0.2, 0.25) is 0 Å². The summed E-state index contributed by atoms with van der Waals surface area (Å²) in [7, 11) is 0. The second-order valence-corrected chi connectivity index (χ2v) is 7.64. The molecule has 1 aromatic rings. The van der Waals surface area contributed by atoms with E-state index in [4.69, 9.17) is 16.3 Å². The van der Waals surface area contributed by atoms with Gasteiger partial charge < -0.3 is 15.2 Å². The number of benzene rings is 1.